The number of imidazole rings is 1. The van der Waals surface area contributed by atoms with Gasteiger partial charge in [0.2, 0.25) is 0 Å². The molecule has 0 aliphatic carbocycles. The number of H-pyrrole nitrogens is 1. The van der Waals surface area contributed by atoms with E-state index in [-0.39, 0.29) is 5.69 Å². The molecule has 0 unspecified atom stereocenters. The van der Waals surface area contributed by atoms with Crippen molar-refractivity contribution in [1.82, 2.24) is 24.6 Å². The van der Waals surface area contributed by atoms with E-state index >= 15 is 0 Å². The predicted octanol–water partition coefficient (Wildman–Crippen LogP) is 4.58. The number of aromatic nitrogens is 4. The number of hydrogen-bond donors (Lipinski definition) is 2. The Bertz CT molecular complexity index is 1710. The topological polar surface area (TPSA) is 127 Å². The number of terminal acetylenes is 1. The van der Waals surface area contributed by atoms with Crippen molar-refractivity contribution >= 4 is 29.2 Å². The summed E-state index contributed by atoms with van der Waals surface area (Å²) in [5.41, 5.74) is -2.94. The molecular formula is C21H7F6N9O3. The average Bonchev–Trinajstić information content (AvgIpc) is 3.39. The lowest BCUT2D eigenvalue weighted by atomic mass is 10.3. The molecule has 0 aliphatic rings. The SMILES string of the molecule is [C-]#[N+]c1nc(N=Nc2c(C(=O)NC#CC#C)[nH]n(-c3ccc(OC(F)(F)F)cc3)c2=O)n(C(F)(F)F)c1[N+]#[C-]. The highest BCUT2D eigenvalue weighted by atomic mass is 19.4. The molecule has 1 amide bonds. The Hall–Kier alpha value is -6.01. The van der Waals surface area contributed by atoms with E-state index in [2.05, 4.69) is 34.7 Å². The van der Waals surface area contributed by atoms with Gasteiger partial charge in [-0.05, 0) is 30.2 Å². The van der Waals surface area contributed by atoms with Crippen LogP contribution in [0.4, 0.5) is 49.6 Å². The number of nitrogens with one attached hydrogen (secondary N) is 2. The van der Waals surface area contributed by atoms with Crippen molar-refractivity contribution in [2.45, 2.75) is 12.7 Å². The second kappa shape index (κ2) is 10.5. The van der Waals surface area contributed by atoms with E-state index in [1.165, 1.54) is 0 Å². The molecule has 0 fully saturated rings. The fraction of sp³-hybridized carbons (Fsp3) is 0.0952. The summed E-state index contributed by atoms with van der Waals surface area (Å²) in [4.78, 5) is 34.2. The molecular weight excluding hydrogens is 540 g/mol. The molecule has 2 N–H and O–H groups in total. The molecule has 3 rings (SSSR count). The van der Waals surface area contributed by atoms with Crippen molar-refractivity contribution in [3.8, 4) is 35.7 Å². The van der Waals surface area contributed by atoms with Crippen LogP contribution in [0, 0.1) is 37.5 Å². The molecule has 0 aliphatic heterocycles. The van der Waals surface area contributed by atoms with Crippen LogP contribution in [0.5, 0.6) is 5.75 Å². The third kappa shape index (κ3) is 6.04. The van der Waals surface area contributed by atoms with Gasteiger partial charge < -0.3 is 14.4 Å². The number of alkyl halides is 6. The highest BCUT2D eigenvalue weighted by molar-refractivity contribution is 5.98. The number of benzene rings is 1. The van der Waals surface area contributed by atoms with Gasteiger partial charge in [-0.2, -0.15) is 4.57 Å². The molecule has 39 heavy (non-hydrogen) atoms. The van der Waals surface area contributed by atoms with Crippen molar-refractivity contribution in [3.63, 3.8) is 0 Å². The Kier molecular flexibility index (Phi) is 7.45. The molecule has 2 heterocycles. The lowest BCUT2D eigenvalue weighted by Crippen LogP contribution is -2.18. The highest BCUT2D eigenvalue weighted by Crippen LogP contribution is 2.41. The molecule has 12 nitrogen and oxygen atoms in total. The maximum Gasteiger partial charge on any atom is 0.573 e. The standard InChI is InChI=1S/C21H7F6N9O3/c1-4-5-10-30-17(37)13-14(32-33-19-31-15(28-2)16(29-3)35(19)20(22,23)24)18(38)36(34-13)11-6-8-12(9-7-11)39-21(25,26)27/h1,6-9,34H,(H,30,37). The molecule has 0 saturated carbocycles. The lowest BCUT2D eigenvalue weighted by molar-refractivity contribution is -0.274. The van der Waals surface area contributed by atoms with Gasteiger partial charge in [0.1, 0.15) is 5.75 Å². The Balaban J connectivity index is 2.16. The number of rotatable bonds is 5. The minimum atomic E-state index is -5.27. The molecule has 0 bridgehead atoms. The van der Waals surface area contributed by atoms with Gasteiger partial charge in [0.15, 0.2) is 11.4 Å². The molecule has 18 heteroatoms. The van der Waals surface area contributed by atoms with Gasteiger partial charge in [-0.1, -0.05) is 23.2 Å². The van der Waals surface area contributed by atoms with Crippen LogP contribution in [0.3, 0.4) is 0 Å². The fourth-order valence-corrected chi connectivity index (χ4v) is 2.80. The van der Waals surface area contributed by atoms with Crippen LogP contribution >= 0.6 is 0 Å². The number of carbonyl (C=O) groups excluding carboxylic acids is 1. The molecule has 3 aromatic rings. The second-order valence-corrected chi connectivity index (χ2v) is 6.65. The van der Waals surface area contributed by atoms with Crippen molar-refractivity contribution in [3.05, 3.63) is 63.1 Å². The first-order valence-electron chi connectivity index (χ1n) is 9.64. The summed E-state index contributed by atoms with van der Waals surface area (Å²) in [7, 11) is 0. The molecule has 0 radical (unpaired) electrons. The number of nitrogens with zero attached hydrogens (tertiary/aromatic N) is 7. The highest BCUT2D eigenvalue weighted by Gasteiger charge is 2.44. The van der Waals surface area contributed by atoms with E-state index in [1.54, 1.807) is 0 Å². The molecule has 0 saturated heterocycles. The first kappa shape index (κ1) is 27.6. The fourth-order valence-electron chi connectivity index (χ4n) is 2.80. The van der Waals surface area contributed by atoms with Crippen LogP contribution in [0.15, 0.2) is 39.3 Å². The maximum atomic E-state index is 13.5. The zero-order valence-electron chi connectivity index (χ0n) is 18.5. The second-order valence-electron chi connectivity index (χ2n) is 6.65. The number of amides is 1. The normalized spacial score (nSPS) is 11.2. The summed E-state index contributed by atoms with van der Waals surface area (Å²) in [6, 6.07) is 5.70. The quantitative estimate of drug-likeness (QED) is 0.159. The van der Waals surface area contributed by atoms with Crippen LogP contribution in [0.1, 0.15) is 10.5 Å². The largest absolute Gasteiger partial charge is 0.573 e. The van der Waals surface area contributed by atoms with Crippen LogP contribution in [0.2, 0.25) is 0 Å². The van der Waals surface area contributed by atoms with Crippen LogP contribution in [0.25, 0.3) is 15.4 Å². The van der Waals surface area contributed by atoms with Gasteiger partial charge in [0.05, 0.1) is 5.69 Å². The first-order chi connectivity index (χ1) is 18.3. The van der Waals surface area contributed by atoms with E-state index in [0.717, 1.165) is 24.3 Å². The monoisotopic (exact) mass is 547 g/mol. The lowest BCUT2D eigenvalue weighted by Gasteiger charge is -2.09. The number of halogens is 6. The predicted molar refractivity (Wildman–Crippen MR) is 117 cm³/mol. The summed E-state index contributed by atoms with van der Waals surface area (Å²) in [6.07, 6.45) is -5.32. The number of hydrogen-bond acceptors (Lipinski definition) is 6. The number of aromatic amines is 1. The first-order valence-corrected chi connectivity index (χ1v) is 9.64. The smallest absolute Gasteiger partial charge is 0.406 e. The van der Waals surface area contributed by atoms with Crippen molar-refractivity contribution < 1.29 is 35.9 Å². The van der Waals surface area contributed by atoms with Gasteiger partial charge in [0, 0.05) is 12.0 Å². The van der Waals surface area contributed by atoms with Crippen molar-refractivity contribution in [2.24, 2.45) is 10.2 Å². The third-order valence-corrected chi connectivity index (χ3v) is 4.25. The summed E-state index contributed by atoms with van der Waals surface area (Å²) >= 11 is 0. The van der Waals surface area contributed by atoms with E-state index in [1.807, 2.05) is 23.2 Å². The summed E-state index contributed by atoms with van der Waals surface area (Å²) < 4.78 is 81.5. The van der Waals surface area contributed by atoms with E-state index in [0.29, 0.717) is 4.68 Å². The molecule has 2 aromatic heterocycles. The van der Waals surface area contributed by atoms with Gasteiger partial charge >= 0.3 is 18.6 Å². The van der Waals surface area contributed by atoms with Crippen molar-refractivity contribution in [1.29, 1.82) is 0 Å². The number of carbonyl (C=O) groups is 1. The minimum absolute atomic E-state index is 0.151. The Morgan fingerprint density at radius 2 is 1.79 bits per heavy atom. The maximum absolute atomic E-state index is 13.5. The summed E-state index contributed by atoms with van der Waals surface area (Å²) in [6.45, 7) is 13.8. The third-order valence-electron chi connectivity index (χ3n) is 4.25. The molecule has 0 atom stereocenters. The Morgan fingerprint density at radius 3 is 2.33 bits per heavy atom. The summed E-state index contributed by atoms with van der Waals surface area (Å²) in [5.74, 6) is -1.34. The van der Waals surface area contributed by atoms with E-state index < -0.39 is 63.4 Å². The number of ether oxygens (including phenoxy) is 1. The molecule has 0 spiro atoms. The average molecular weight is 547 g/mol. The van der Waals surface area contributed by atoms with Gasteiger partial charge in [-0.25, -0.2) is 4.68 Å². The van der Waals surface area contributed by atoms with Crippen LogP contribution < -0.4 is 15.6 Å². The zero-order valence-corrected chi connectivity index (χ0v) is 18.5. The van der Waals surface area contributed by atoms with Gasteiger partial charge in [-0.15, -0.1) is 37.9 Å². The summed E-state index contributed by atoms with van der Waals surface area (Å²) in [5, 5.41) is 10.9. The van der Waals surface area contributed by atoms with Crippen LogP contribution in [-0.2, 0) is 6.30 Å². The number of azo groups is 1. The molecule has 1 aromatic carbocycles. The van der Waals surface area contributed by atoms with Gasteiger partial charge in [0.25, 0.3) is 23.1 Å². The minimum Gasteiger partial charge on any atom is -0.406 e. The Morgan fingerprint density at radius 1 is 1.13 bits per heavy atom. The van der Waals surface area contributed by atoms with E-state index in [4.69, 9.17) is 19.6 Å². The van der Waals surface area contributed by atoms with E-state index in [9.17, 15) is 35.9 Å². The zero-order chi connectivity index (χ0) is 29.0. The van der Waals surface area contributed by atoms with Crippen molar-refractivity contribution in [2.75, 3.05) is 0 Å². The Labute approximate surface area is 212 Å². The van der Waals surface area contributed by atoms with Gasteiger partial charge in [-0.3, -0.25) is 20.0 Å². The molecule has 196 valence electrons. The van der Waals surface area contributed by atoms with Crippen LogP contribution in [-0.4, -0.2) is 31.6 Å².